The fourth-order valence-corrected chi connectivity index (χ4v) is 5.13. The van der Waals surface area contributed by atoms with Crippen LogP contribution in [-0.4, -0.2) is 37.9 Å². The summed E-state index contributed by atoms with van der Waals surface area (Å²) in [6.45, 7) is 1.56. The molecule has 1 rings (SSSR count). The SMILES string of the molecule is COC(=O)CCCc1cc(I)c(N(CCCl)CCCl)c(I)c1. The second-order valence-electron chi connectivity index (χ2n) is 4.70. The van der Waals surface area contributed by atoms with Crippen LogP contribution in [0, 0.1) is 7.14 Å². The van der Waals surface area contributed by atoms with E-state index in [-0.39, 0.29) is 5.97 Å². The topological polar surface area (TPSA) is 29.5 Å². The number of hydrogen-bond acceptors (Lipinski definition) is 3. The summed E-state index contributed by atoms with van der Waals surface area (Å²) in [5, 5.41) is 0. The molecule has 124 valence electrons. The lowest BCUT2D eigenvalue weighted by Gasteiger charge is -2.26. The summed E-state index contributed by atoms with van der Waals surface area (Å²) >= 11 is 16.5. The van der Waals surface area contributed by atoms with Crippen LogP contribution in [0.1, 0.15) is 18.4 Å². The average molecular weight is 570 g/mol. The van der Waals surface area contributed by atoms with E-state index < -0.39 is 0 Å². The molecule has 22 heavy (non-hydrogen) atoms. The maximum atomic E-state index is 11.2. The molecule has 0 aromatic heterocycles. The minimum Gasteiger partial charge on any atom is -0.469 e. The number of carbonyl (C=O) groups excluding carboxylic acids is 1. The lowest BCUT2D eigenvalue weighted by Crippen LogP contribution is -2.29. The molecule has 0 N–H and O–H groups in total. The number of hydrogen-bond donors (Lipinski definition) is 0. The summed E-state index contributed by atoms with van der Waals surface area (Å²) in [5.74, 6) is 0.991. The van der Waals surface area contributed by atoms with E-state index >= 15 is 0 Å². The quantitative estimate of drug-likeness (QED) is 0.246. The van der Waals surface area contributed by atoms with Crippen molar-refractivity contribution in [1.29, 1.82) is 0 Å². The van der Waals surface area contributed by atoms with E-state index in [9.17, 15) is 4.79 Å². The van der Waals surface area contributed by atoms with Gasteiger partial charge in [-0.1, -0.05) is 0 Å². The van der Waals surface area contributed by atoms with Gasteiger partial charge in [0.05, 0.1) is 12.8 Å². The van der Waals surface area contributed by atoms with Crippen molar-refractivity contribution in [1.82, 2.24) is 0 Å². The van der Waals surface area contributed by atoms with Crippen molar-refractivity contribution in [3.05, 3.63) is 24.8 Å². The molecule has 0 amide bonds. The third-order valence-electron chi connectivity index (χ3n) is 3.18. The van der Waals surface area contributed by atoms with Crippen molar-refractivity contribution in [3.63, 3.8) is 0 Å². The monoisotopic (exact) mass is 569 g/mol. The zero-order valence-corrected chi connectivity index (χ0v) is 18.2. The fourth-order valence-electron chi connectivity index (χ4n) is 2.14. The van der Waals surface area contributed by atoms with Gasteiger partial charge in [-0.05, 0) is 75.7 Å². The molecule has 0 bridgehead atoms. The maximum absolute atomic E-state index is 11.2. The van der Waals surface area contributed by atoms with Gasteiger partial charge in [0.2, 0.25) is 0 Å². The van der Waals surface area contributed by atoms with Crippen molar-refractivity contribution in [2.24, 2.45) is 0 Å². The molecule has 0 aliphatic rings. The summed E-state index contributed by atoms with van der Waals surface area (Å²) in [5.41, 5.74) is 2.43. The molecule has 0 saturated carbocycles. The normalized spacial score (nSPS) is 10.6. The highest BCUT2D eigenvalue weighted by molar-refractivity contribution is 14.1. The maximum Gasteiger partial charge on any atom is 0.305 e. The number of aryl methyl sites for hydroxylation is 1. The highest BCUT2D eigenvalue weighted by Gasteiger charge is 2.14. The van der Waals surface area contributed by atoms with Crippen LogP contribution in [0.3, 0.4) is 0 Å². The molecule has 1 aromatic carbocycles. The summed E-state index contributed by atoms with van der Waals surface area (Å²) in [4.78, 5) is 13.4. The minimum absolute atomic E-state index is 0.156. The van der Waals surface area contributed by atoms with Crippen LogP contribution in [-0.2, 0) is 16.0 Å². The predicted octanol–water partition coefficient (Wildman–Crippen LogP) is 4.68. The van der Waals surface area contributed by atoms with Crippen molar-refractivity contribution in [2.75, 3.05) is 36.9 Å². The van der Waals surface area contributed by atoms with Crippen LogP contribution >= 0.6 is 68.4 Å². The van der Waals surface area contributed by atoms with Crippen LogP contribution in [0.5, 0.6) is 0 Å². The van der Waals surface area contributed by atoms with Gasteiger partial charge in [-0.25, -0.2) is 0 Å². The number of anilines is 1. The Morgan fingerprint density at radius 1 is 1.18 bits per heavy atom. The smallest absolute Gasteiger partial charge is 0.305 e. The third kappa shape index (κ3) is 6.57. The molecule has 0 spiro atoms. The first-order valence-electron chi connectivity index (χ1n) is 6.95. The molecule has 0 aliphatic carbocycles. The van der Waals surface area contributed by atoms with Gasteiger partial charge in [0.25, 0.3) is 0 Å². The summed E-state index contributed by atoms with van der Waals surface area (Å²) in [6.07, 6.45) is 2.12. The van der Waals surface area contributed by atoms with E-state index in [0.29, 0.717) is 18.2 Å². The van der Waals surface area contributed by atoms with Crippen LogP contribution < -0.4 is 4.90 Å². The van der Waals surface area contributed by atoms with Crippen molar-refractivity contribution < 1.29 is 9.53 Å². The Bertz CT molecular complexity index is 471. The van der Waals surface area contributed by atoms with Crippen LogP contribution in [0.15, 0.2) is 12.1 Å². The van der Waals surface area contributed by atoms with E-state index in [1.54, 1.807) is 0 Å². The Labute approximate surface area is 169 Å². The second kappa shape index (κ2) is 11.1. The van der Waals surface area contributed by atoms with Crippen LogP contribution in [0.2, 0.25) is 0 Å². The molecule has 0 heterocycles. The number of alkyl halides is 2. The van der Waals surface area contributed by atoms with E-state index in [0.717, 1.165) is 25.9 Å². The average Bonchev–Trinajstić information content (AvgIpc) is 2.46. The Hall–Kier alpha value is 0.530. The predicted molar refractivity (Wildman–Crippen MR) is 110 cm³/mol. The number of benzene rings is 1. The number of halogens is 4. The first-order valence-corrected chi connectivity index (χ1v) is 10.2. The van der Waals surface area contributed by atoms with E-state index in [2.05, 4.69) is 67.0 Å². The molecule has 0 radical (unpaired) electrons. The number of carbonyl (C=O) groups is 1. The molecule has 0 fully saturated rings. The third-order valence-corrected chi connectivity index (χ3v) is 5.16. The zero-order valence-electron chi connectivity index (χ0n) is 12.4. The van der Waals surface area contributed by atoms with Crippen molar-refractivity contribution >= 4 is 80.0 Å². The second-order valence-corrected chi connectivity index (χ2v) is 7.78. The van der Waals surface area contributed by atoms with Gasteiger partial charge < -0.3 is 9.64 Å². The number of rotatable bonds is 9. The molecule has 3 nitrogen and oxygen atoms in total. The van der Waals surface area contributed by atoms with E-state index in [1.165, 1.54) is 25.5 Å². The molecule has 7 heteroatoms. The molecule has 0 unspecified atom stereocenters. The van der Waals surface area contributed by atoms with Gasteiger partial charge in [-0.3, -0.25) is 4.79 Å². The first kappa shape index (κ1) is 20.6. The van der Waals surface area contributed by atoms with Crippen molar-refractivity contribution in [2.45, 2.75) is 19.3 Å². The highest BCUT2D eigenvalue weighted by atomic mass is 127. The number of esters is 1. The number of nitrogens with zero attached hydrogens (tertiary/aromatic N) is 1. The van der Waals surface area contributed by atoms with Gasteiger partial charge in [0, 0.05) is 38.4 Å². The fraction of sp³-hybridized carbons (Fsp3) is 0.533. The van der Waals surface area contributed by atoms with E-state index in [1.807, 2.05) is 0 Å². The molecule has 0 aliphatic heterocycles. The van der Waals surface area contributed by atoms with Gasteiger partial charge in [-0.15, -0.1) is 23.2 Å². The first-order chi connectivity index (χ1) is 10.5. The zero-order chi connectivity index (χ0) is 16.5. The largest absolute Gasteiger partial charge is 0.469 e. The minimum atomic E-state index is -0.156. The van der Waals surface area contributed by atoms with Gasteiger partial charge in [-0.2, -0.15) is 0 Å². The Kier molecular flexibility index (Phi) is 10.4. The van der Waals surface area contributed by atoms with Gasteiger partial charge in [0.1, 0.15) is 0 Å². The van der Waals surface area contributed by atoms with Gasteiger partial charge >= 0.3 is 5.97 Å². The molecule has 1 aromatic rings. The van der Waals surface area contributed by atoms with Gasteiger partial charge in [0.15, 0.2) is 0 Å². The molecule has 0 saturated heterocycles. The standard InChI is InChI=1S/C15H19Cl2I2NO2/c1-22-14(21)4-2-3-11-9-12(18)15(13(19)10-11)20(7-5-16)8-6-17/h9-10H,2-8H2,1H3. The number of methoxy groups -OCH3 is 1. The molecular weight excluding hydrogens is 551 g/mol. The summed E-state index contributed by atoms with van der Waals surface area (Å²) in [6, 6.07) is 4.34. The Balaban J connectivity index is 2.84. The Morgan fingerprint density at radius 2 is 1.73 bits per heavy atom. The Morgan fingerprint density at radius 3 is 2.18 bits per heavy atom. The molecular formula is C15H19Cl2I2NO2. The van der Waals surface area contributed by atoms with Crippen LogP contribution in [0.4, 0.5) is 5.69 Å². The lowest BCUT2D eigenvalue weighted by atomic mass is 10.1. The molecule has 0 atom stereocenters. The number of ether oxygens (including phenoxy) is 1. The summed E-state index contributed by atoms with van der Waals surface area (Å²) < 4.78 is 7.04. The lowest BCUT2D eigenvalue weighted by molar-refractivity contribution is -0.140. The van der Waals surface area contributed by atoms with E-state index in [4.69, 9.17) is 23.2 Å². The van der Waals surface area contributed by atoms with Crippen LogP contribution in [0.25, 0.3) is 0 Å². The highest BCUT2D eigenvalue weighted by Crippen LogP contribution is 2.30. The van der Waals surface area contributed by atoms with Crippen molar-refractivity contribution in [3.8, 4) is 0 Å². The summed E-state index contributed by atoms with van der Waals surface area (Å²) in [7, 11) is 1.42.